The molecule has 2 aromatic heterocycles. The third kappa shape index (κ3) is 5.10. The van der Waals surface area contributed by atoms with Crippen molar-refractivity contribution in [3.8, 4) is 0 Å². The molecule has 0 radical (unpaired) electrons. The second kappa shape index (κ2) is 10.4. The molecule has 6 rings (SSSR count). The highest BCUT2D eigenvalue weighted by molar-refractivity contribution is 7.14. The van der Waals surface area contributed by atoms with Gasteiger partial charge in [-0.3, -0.25) is 19.8 Å². The van der Waals surface area contributed by atoms with Crippen molar-refractivity contribution in [2.45, 2.75) is 38.3 Å². The van der Waals surface area contributed by atoms with Crippen molar-refractivity contribution in [3.63, 3.8) is 0 Å². The van der Waals surface area contributed by atoms with Crippen LogP contribution in [0.25, 0.3) is 11.0 Å². The molecule has 2 amide bonds. The van der Waals surface area contributed by atoms with E-state index in [1.54, 1.807) is 0 Å². The summed E-state index contributed by atoms with van der Waals surface area (Å²) in [6, 6.07) is 9.04. The number of imidazole rings is 1. The van der Waals surface area contributed by atoms with E-state index < -0.39 is 12.3 Å². The fourth-order valence-corrected chi connectivity index (χ4v) is 6.94. The zero-order valence-corrected chi connectivity index (χ0v) is 22.4. The number of hydrogen-bond donors (Lipinski definition) is 1. The second-order valence-electron chi connectivity index (χ2n) is 10.7. The Hall–Kier alpha value is -3.15. The van der Waals surface area contributed by atoms with Gasteiger partial charge in [0.2, 0.25) is 11.9 Å². The Labute approximate surface area is 229 Å². The van der Waals surface area contributed by atoms with Crippen LogP contribution in [0.15, 0.2) is 43.0 Å². The Morgan fingerprint density at radius 3 is 2.72 bits per heavy atom. The molecule has 2 saturated heterocycles. The monoisotopic (exact) mass is 555 g/mol. The van der Waals surface area contributed by atoms with Crippen molar-refractivity contribution in [2.24, 2.45) is 5.41 Å². The first-order chi connectivity index (χ1) is 18.8. The van der Waals surface area contributed by atoms with Crippen LogP contribution in [0.2, 0.25) is 0 Å². The number of anilines is 1. The maximum atomic E-state index is 13.1. The van der Waals surface area contributed by atoms with Crippen molar-refractivity contribution in [3.05, 3.63) is 58.3 Å². The lowest BCUT2D eigenvalue weighted by atomic mass is 9.64. The van der Waals surface area contributed by atoms with Gasteiger partial charge in [-0.25, -0.2) is 13.8 Å². The molecule has 1 spiro atoms. The third-order valence-corrected chi connectivity index (χ3v) is 9.27. The Morgan fingerprint density at radius 2 is 2.00 bits per heavy atom. The van der Waals surface area contributed by atoms with Gasteiger partial charge in [0.15, 0.2) is 0 Å². The van der Waals surface area contributed by atoms with E-state index >= 15 is 0 Å². The van der Waals surface area contributed by atoms with Crippen LogP contribution in [-0.2, 0) is 16.1 Å². The normalized spacial score (nSPS) is 23.5. The van der Waals surface area contributed by atoms with Gasteiger partial charge in [0.1, 0.15) is 0 Å². The summed E-state index contributed by atoms with van der Waals surface area (Å²) in [7, 11) is 0. The van der Waals surface area contributed by atoms with Crippen LogP contribution in [0.3, 0.4) is 0 Å². The van der Waals surface area contributed by atoms with E-state index in [9.17, 15) is 18.4 Å². The predicted octanol–water partition coefficient (Wildman–Crippen LogP) is 4.86. The topological polar surface area (TPSA) is 79.7 Å². The molecule has 8 nitrogen and oxygen atoms in total. The Balaban J connectivity index is 1.27. The summed E-state index contributed by atoms with van der Waals surface area (Å²) in [4.78, 5) is 34.3. The summed E-state index contributed by atoms with van der Waals surface area (Å²) < 4.78 is 33.8. The average Bonchev–Trinajstić information content (AvgIpc) is 3.65. The van der Waals surface area contributed by atoms with Gasteiger partial charge >= 0.3 is 0 Å². The summed E-state index contributed by atoms with van der Waals surface area (Å²) in [5.41, 5.74) is 2.89. The number of hydrogen-bond acceptors (Lipinski definition) is 6. The van der Waals surface area contributed by atoms with Gasteiger partial charge in [0, 0.05) is 38.8 Å². The standard InChI is InChI=1S/C28H31F2N5O3S/c1-2-24(36)34-8-7-28(17-34)14-19(15-28)35-21-4-3-18(16-33-9-11-38-12-10-33)13-20(21)31-27(35)32-26(37)23-6-5-22(39-23)25(29)30/h2-6,13,19,25H,1,7-12,14-17H2,(H,31,32,37)/t19-,28-. The highest BCUT2D eigenvalue weighted by Gasteiger charge is 2.50. The van der Waals surface area contributed by atoms with Gasteiger partial charge in [0.25, 0.3) is 12.3 Å². The maximum absolute atomic E-state index is 13.1. The number of fused-ring (bicyclic) bond motifs is 1. The van der Waals surface area contributed by atoms with E-state index in [4.69, 9.17) is 9.72 Å². The number of likely N-dealkylation sites (tertiary alicyclic amines) is 1. The molecule has 11 heteroatoms. The average molecular weight is 556 g/mol. The van der Waals surface area contributed by atoms with Gasteiger partial charge in [-0.2, -0.15) is 0 Å². The molecule has 0 unspecified atom stereocenters. The molecule has 0 bridgehead atoms. The van der Waals surface area contributed by atoms with Gasteiger partial charge in [-0.15, -0.1) is 11.3 Å². The highest BCUT2D eigenvalue weighted by atomic mass is 32.1. The summed E-state index contributed by atoms with van der Waals surface area (Å²) in [6.45, 7) is 9.04. The molecule has 1 aromatic carbocycles. The molecule has 4 heterocycles. The maximum Gasteiger partial charge on any atom is 0.272 e. The Bertz CT molecular complexity index is 1410. The number of thiophene rings is 1. The number of morpholine rings is 1. The lowest BCUT2D eigenvalue weighted by molar-refractivity contribution is -0.125. The minimum absolute atomic E-state index is 0.0386. The number of alkyl halides is 2. The molecule has 39 heavy (non-hydrogen) atoms. The van der Waals surface area contributed by atoms with Crippen LogP contribution in [0.1, 0.15) is 51.8 Å². The first-order valence-electron chi connectivity index (χ1n) is 13.3. The largest absolute Gasteiger partial charge is 0.379 e. The van der Waals surface area contributed by atoms with E-state index in [1.807, 2.05) is 4.90 Å². The van der Waals surface area contributed by atoms with Crippen LogP contribution < -0.4 is 5.32 Å². The molecule has 3 aromatic rings. The van der Waals surface area contributed by atoms with E-state index in [0.717, 1.165) is 86.6 Å². The number of halogens is 2. The summed E-state index contributed by atoms with van der Waals surface area (Å²) in [5.74, 6) is -0.0692. The van der Waals surface area contributed by atoms with Crippen molar-refractivity contribution < 1.29 is 23.1 Å². The summed E-state index contributed by atoms with van der Waals surface area (Å²) in [6.07, 6.45) is 1.42. The van der Waals surface area contributed by atoms with Crippen molar-refractivity contribution in [1.82, 2.24) is 19.4 Å². The van der Waals surface area contributed by atoms with Crippen LogP contribution >= 0.6 is 11.3 Å². The Kier molecular flexibility index (Phi) is 6.98. The molecule has 1 N–H and O–H groups in total. The molecular weight excluding hydrogens is 524 g/mol. The zero-order chi connectivity index (χ0) is 27.1. The SMILES string of the molecule is C=CC(=O)N1CC[C@]2(C1)C[C@H](n1c(NC(=O)c3ccc(C(F)F)s3)nc3cc(CN4CCOCC4)ccc31)C2. The lowest BCUT2D eigenvalue weighted by Crippen LogP contribution is -2.42. The van der Waals surface area contributed by atoms with Crippen molar-refractivity contribution >= 4 is 40.1 Å². The third-order valence-electron chi connectivity index (χ3n) is 8.18. The number of rotatable bonds is 7. The van der Waals surface area contributed by atoms with E-state index in [2.05, 4.69) is 39.6 Å². The van der Waals surface area contributed by atoms with Crippen LogP contribution in [0.5, 0.6) is 0 Å². The molecule has 1 saturated carbocycles. The van der Waals surface area contributed by atoms with Crippen LogP contribution in [0, 0.1) is 5.41 Å². The number of ether oxygens (including phenoxy) is 1. The lowest BCUT2D eigenvalue weighted by Gasteiger charge is -2.46. The van der Waals surface area contributed by atoms with E-state index in [-0.39, 0.29) is 27.1 Å². The number of benzene rings is 1. The van der Waals surface area contributed by atoms with Gasteiger partial charge < -0.3 is 14.2 Å². The molecule has 206 valence electrons. The first-order valence-corrected chi connectivity index (χ1v) is 14.1. The highest BCUT2D eigenvalue weighted by Crippen LogP contribution is 2.55. The summed E-state index contributed by atoms with van der Waals surface area (Å²) in [5, 5.41) is 2.91. The van der Waals surface area contributed by atoms with E-state index in [1.165, 1.54) is 18.2 Å². The molecule has 2 aliphatic heterocycles. The smallest absolute Gasteiger partial charge is 0.272 e. The second-order valence-corrected chi connectivity index (χ2v) is 11.9. The van der Waals surface area contributed by atoms with Crippen molar-refractivity contribution in [1.29, 1.82) is 0 Å². The van der Waals surface area contributed by atoms with Crippen molar-refractivity contribution in [2.75, 3.05) is 44.7 Å². The van der Waals surface area contributed by atoms with E-state index in [0.29, 0.717) is 12.5 Å². The van der Waals surface area contributed by atoms with Gasteiger partial charge in [-0.05, 0) is 60.6 Å². The number of carbonyl (C=O) groups excluding carboxylic acids is 2. The first kappa shape index (κ1) is 26.1. The predicted molar refractivity (Wildman–Crippen MR) is 145 cm³/mol. The number of amides is 2. The molecule has 3 fully saturated rings. The number of carbonyl (C=O) groups is 2. The molecule has 0 atom stereocenters. The quantitative estimate of drug-likeness (QED) is 0.422. The Morgan fingerprint density at radius 1 is 1.21 bits per heavy atom. The van der Waals surface area contributed by atoms with Crippen LogP contribution in [0.4, 0.5) is 14.7 Å². The number of aromatic nitrogens is 2. The number of nitrogens with one attached hydrogen (secondary N) is 1. The molecular formula is C28H31F2N5O3S. The molecule has 1 aliphatic carbocycles. The minimum Gasteiger partial charge on any atom is -0.379 e. The summed E-state index contributed by atoms with van der Waals surface area (Å²) >= 11 is 0.791. The van der Waals surface area contributed by atoms with Gasteiger partial charge in [0.05, 0.1) is 34.0 Å². The fourth-order valence-electron chi connectivity index (χ4n) is 6.18. The van der Waals surface area contributed by atoms with Crippen LogP contribution in [-0.4, -0.2) is 70.6 Å². The van der Waals surface area contributed by atoms with Gasteiger partial charge in [-0.1, -0.05) is 12.6 Å². The number of nitrogens with zero attached hydrogens (tertiary/aromatic N) is 4. The fraction of sp³-hybridized carbons (Fsp3) is 0.464. The molecule has 3 aliphatic rings. The minimum atomic E-state index is -2.61. The zero-order valence-electron chi connectivity index (χ0n) is 21.6.